The molecule has 8 nitrogen and oxygen atoms in total. The molecule has 2 aliphatic heterocycles. The molecule has 2 aliphatic rings. The Balaban J connectivity index is 2.07. The van der Waals surface area contributed by atoms with Crippen LogP contribution in [0.15, 0.2) is 0 Å². The maximum Gasteiger partial charge on any atom is 0.215 e. The number of nitrogens with zero attached hydrogens (tertiary/aromatic N) is 3. The van der Waals surface area contributed by atoms with E-state index in [-0.39, 0.29) is 13.2 Å². The van der Waals surface area contributed by atoms with Gasteiger partial charge >= 0.3 is 0 Å². The first kappa shape index (κ1) is 12.0. The van der Waals surface area contributed by atoms with Crippen LogP contribution in [0.1, 0.15) is 11.4 Å². The number of rotatable bonds is 1. The minimum Gasteiger partial charge on any atom is -0.394 e. The van der Waals surface area contributed by atoms with E-state index in [1.807, 2.05) is 0 Å². The lowest BCUT2D eigenvalue weighted by Crippen LogP contribution is -2.52. The van der Waals surface area contributed by atoms with Crippen LogP contribution in [0.3, 0.4) is 0 Å². The number of fused-ring (bicyclic) bond motifs is 2. The lowest BCUT2D eigenvalue weighted by atomic mass is 10.0. The van der Waals surface area contributed by atoms with Crippen molar-refractivity contribution >= 4 is 0 Å². The number of aryl methyl sites for hydroxylation is 1. The minimum absolute atomic E-state index is 0.0531. The molecule has 1 fully saturated rings. The highest BCUT2D eigenvalue weighted by molar-refractivity contribution is 5.13. The second-order valence-electron chi connectivity index (χ2n) is 4.65. The molecular formula is C10H15N3O5. The molecule has 1 aromatic heterocycles. The Kier molecular flexibility index (Phi) is 2.65. The van der Waals surface area contributed by atoms with Gasteiger partial charge in [0.25, 0.3) is 0 Å². The lowest BCUT2D eigenvalue weighted by Gasteiger charge is -2.36. The van der Waals surface area contributed by atoms with Crippen molar-refractivity contribution in [3.63, 3.8) is 0 Å². The zero-order chi connectivity index (χ0) is 12.9. The van der Waals surface area contributed by atoms with Gasteiger partial charge in [0, 0.05) is 0 Å². The van der Waals surface area contributed by atoms with E-state index in [0.29, 0.717) is 18.0 Å². The predicted molar refractivity (Wildman–Crippen MR) is 56.4 cm³/mol. The Labute approximate surface area is 103 Å². The second kappa shape index (κ2) is 3.97. The molecule has 18 heavy (non-hydrogen) atoms. The van der Waals surface area contributed by atoms with Crippen molar-refractivity contribution in [3.8, 4) is 0 Å². The highest BCUT2D eigenvalue weighted by Crippen LogP contribution is 2.38. The highest BCUT2D eigenvalue weighted by atomic mass is 16.6. The van der Waals surface area contributed by atoms with Crippen LogP contribution >= 0.6 is 0 Å². The first-order valence-corrected chi connectivity index (χ1v) is 5.74. The third kappa shape index (κ3) is 1.38. The van der Waals surface area contributed by atoms with E-state index >= 15 is 0 Å². The molecule has 0 aromatic carbocycles. The summed E-state index contributed by atoms with van der Waals surface area (Å²) in [6.07, 6.45) is -3.28. The SMILES string of the molecule is Cc1nnn2c1COC[C@]21O[C@H](CO)[C@@H](O)[C@H]1O. The Morgan fingerprint density at radius 1 is 1.50 bits per heavy atom. The minimum atomic E-state index is -1.30. The molecule has 100 valence electrons. The van der Waals surface area contributed by atoms with Crippen LogP contribution in [0, 0.1) is 6.92 Å². The predicted octanol–water partition coefficient (Wildman–Crippen LogP) is -2.12. The van der Waals surface area contributed by atoms with Gasteiger partial charge < -0.3 is 24.8 Å². The van der Waals surface area contributed by atoms with Crippen molar-refractivity contribution in [3.05, 3.63) is 11.4 Å². The van der Waals surface area contributed by atoms with Crippen molar-refractivity contribution in [2.45, 2.75) is 37.6 Å². The zero-order valence-corrected chi connectivity index (χ0v) is 9.85. The summed E-state index contributed by atoms with van der Waals surface area (Å²) in [6.45, 7) is 1.78. The molecule has 0 unspecified atom stereocenters. The standard InChI is InChI=1S/C10H15N3O5/c1-5-6-3-17-4-10(13(6)12-11-5)9(16)8(15)7(2-14)18-10/h7-9,14-16H,2-4H2,1H3/t7-,8-,9-,10-/m1/s1. The maximum absolute atomic E-state index is 10.2. The van der Waals surface area contributed by atoms with Gasteiger partial charge in [-0.2, -0.15) is 0 Å². The van der Waals surface area contributed by atoms with Gasteiger partial charge in [-0.1, -0.05) is 5.21 Å². The van der Waals surface area contributed by atoms with Crippen LogP contribution in [0.25, 0.3) is 0 Å². The van der Waals surface area contributed by atoms with Crippen LogP contribution in [0.4, 0.5) is 0 Å². The number of aromatic nitrogens is 3. The molecule has 3 heterocycles. The second-order valence-corrected chi connectivity index (χ2v) is 4.65. The third-order valence-electron chi connectivity index (χ3n) is 3.57. The number of hydrogen-bond acceptors (Lipinski definition) is 7. The fraction of sp³-hybridized carbons (Fsp3) is 0.800. The van der Waals surface area contributed by atoms with E-state index in [1.165, 1.54) is 4.68 Å². The summed E-state index contributed by atoms with van der Waals surface area (Å²) in [7, 11) is 0. The quantitative estimate of drug-likeness (QED) is 0.527. The van der Waals surface area contributed by atoms with Crippen molar-refractivity contribution in [2.75, 3.05) is 13.2 Å². The first-order chi connectivity index (χ1) is 8.60. The Morgan fingerprint density at radius 2 is 2.28 bits per heavy atom. The Hall–Kier alpha value is -1.06. The summed E-state index contributed by atoms with van der Waals surface area (Å²) in [4.78, 5) is 0. The monoisotopic (exact) mass is 257 g/mol. The summed E-state index contributed by atoms with van der Waals surface area (Å²) >= 11 is 0. The van der Waals surface area contributed by atoms with E-state index in [4.69, 9.17) is 14.6 Å². The fourth-order valence-corrected chi connectivity index (χ4v) is 2.51. The van der Waals surface area contributed by atoms with Crippen molar-refractivity contribution in [1.29, 1.82) is 0 Å². The van der Waals surface area contributed by atoms with E-state index < -0.39 is 24.0 Å². The largest absolute Gasteiger partial charge is 0.394 e. The van der Waals surface area contributed by atoms with Crippen LogP contribution in [0.5, 0.6) is 0 Å². The van der Waals surface area contributed by atoms with Crippen LogP contribution in [-0.4, -0.2) is 61.8 Å². The summed E-state index contributed by atoms with van der Waals surface area (Å²) < 4.78 is 12.4. The summed E-state index contributed by atoms with van der Waals surface area (Å²) in [5, 5.41) is 37.0. The van der Waals surface area contributed by atoms with Gasteiger partial charge in [-0.25, -0.2) is 4.68 Å². The van der Waals surface area contributed by atoms with E-state index in [9.17, 15) is 10.2 Å². The van der Waals surface area contributed by atoms with Crippen LogP contribution < -0.4 is 0 Å². The van der Waals surface area contributed by atoms with Gasteiger partial charge in [0.05, 0.1) is 31.2 Å². The molecule has 0 amide bonds. The molecule has 8 heteroatoms. The maximum atomic E-state index is 10.2. The fourth-order valence-electron chi connectivity index (χ4n) is 2.51. The average Bonchev–Trinajstić information content (AvgIpc) is 2.86. The number of aliphatic hydroxyl groups is 3. The van der Waals surface area contributed by atoms with Crippen LogP contribution in [0.2, 0.25) is 0 Å². The molecule has 1 aromatic rings. The lowest BCUT2D eigenvalue weighted by molar-refractivity contribution is -0.208. The Bertz CT molecular complexity index is 464. The average molecular weight is 257 g/mol. The third-order valence-corrected chi connectivity index (χ3v) is 3.57. The van der Waals surface area contributed by atoms with Gasteiger partial charge in [0.1, 0.15) is 18.3 Å². The van der Waals surface area contributed by atoms with E-state index in [1.54, 1.807) is 6.92 Å². The molecule has 0 radical (unpaired) electrons. The van der Waals surface area contributed by atoms with E-state index in [2.05, 4.69) is 10.3 Å². The summed E-state index contributed by atoms with van der Waals surface area (Å²) in [6, 6.07) is 0. The van der Waals surface area contributed by atoms with Gasteiger partial charge in [-0.05, 0) is 6.92 Å². The van der Waals surface area contributed by atoms with Crippen molar-refractivity contribution < 1.29 is 24.8 Å². The molecule has 0 bridgehead atoms. The molecule has 0 saturated carbocycles. The topological polar surface area (TPSA) is 110 Å². The first-order valence-electron chi connectivity index (χ1n) is 5.74. The van der Waals surface area contributed by atoms with E-state index in [0.717, 1.165) is 0 Å². The normalized spacial score (nSPS) is 39.2. The smallest absolute Gasteiger partial charge is 0.215 e. The molecule has 0 aliphatic carbocycles. The highest BCUT2D eigenvalue weighted by Gasteiger charge is 2.58. The molecular weight excluding hydrogens is 242 g/mol. The number of aliphatic hydroxyl groups excluding tert-OH is 3. The van der Waals surface area contributed by atoms with Crippen LogP contribution in [-0.2, 0) is 21.8 Å². The summed E-state index contributed by atoms with van der Waals surface area (Å²) in [5.74, 6) is 0. The number of ether oxygens (including phenoxy) is 2. The molecule has 3 rings (SSSR count). The zero-order valence-electron chi connectivity index (χ0n) is 9.85. The molecule has 3 N–H and O–H groups in total. The summed E-state index contributed by atoms with van der Waals surface area (Å²) in [5.41, 5.74) is 0.0830. The van der Waals surface area contributed by atoms with Crippen molar-refractivity contribution in [2.24, 2.45) is 0 Å². The molecule has 1 saturated heterocycles. The van der Waals surface area contributed by atoms with Gasteiger partial charge in [-0.15, -0.1) is 5.10 Å². The van der Waals surface area contributed by atoms with Crippen molar-refractivity contribution in [1.82, 2.24) is 15.0 Å². The number of hydrogen-bond donors (Lipinski definition) is 3. The van der Waals surface area contributed by atoms with Gasteiger partial charge in [0.2, 0.25) is 5.72 Å². The van der Waals surface area contributed by atoms with Gasteiger partial charge in [-0.3, -0.25) is 0 Å². The molecule has 4 atom stereocenters. The molecule has 1 spiro atoms. The van der Waals surface area contributed by atoms with Gasteiger partial charge in [0.15, 0.2) is 0 Å². The Morgan fingerprint density at radius 3 is 2.94 bits per heavy atom.